The number of nitrogens with zero attached hydrogens (tertiary/aromatic N) is 2. The molecule has 0 bridgehead atoms. The second-order valence-corrected chi connectivity index (χ2v) is 8.43. The standard InChI is InChI=1S/C23H24N4O4S/c1-14-19(15(2)31-27-14)13-32-23-18(5-3-11-24-23)21(28)25-16-7-9-17(10-8-16)26-22(29)20-6-4-12-30-20/h3,5,7-11,20H,4,6,12-13H2,1-2H3,(H,25,28)(H,26,29). The largest absolute Gasteiger partial charge is 0.368 e. The fourth-order valence-corrected chi connectivity index (χ4v) is 4.51. The molecule has 1 saturated heterocycles. The summed E-state index contributed by atoms with van der Waals surface area (Å²) in [5.41, 5.74) is 3.60. The number of ether oxygens (including phenoxy) is 1. The van der Waals surface area contributed by atoms with E-state index >= 15 is 0 Å². The quantitative estimate of drug-likeness (QED) is 0.513. The fraction of sp³-hybridized carbons (Fsp3) is 0.304. The minimum Gasteiger partial charge on any atom is -0.368 e. The van der Waals surface area contributed by atoms with E-state index in [9.17, 15) is 9.59 Å². The maximum absolute atomic E-state index is 12.9. The SMILES string of the molecule is Cc1noc(C)c1CSc1ncccc1C(=O)Nc1ccc(NC(=O)C2CCCO2)cc1. The highest BCUT2D eigenvalue weighted by atomic mass is 32.2. The maximum Gasteiger partial charge on any atom is 0.258 e. The average molecular weight is 453 g/mol. The minimum absolute atomic E-state index is 0.144. The highest BCUT2D eigenvalue weighted by molar-refractivity contribution is 7.98. The van der Waals surface area contributed by atoms with Crippen LogP contribution in [0.4, 0.5) is 11.4 Å². The van der Waals surface area contributed by atoms with Crippen LogP contribution in [0.5, 0.6) is 0 Å². The Hall–Kier alpha value is -3.17. The van der Waals surface area contributed by atoms with Crippen molar-refractivity contribution in [2.75, 3.05) is 17.2 Å². The predicted octanol–water partition coefficient (Wildman–Crippen LogP) is 4.35. The van der Waals surface area contributed by atoms with Gasteiger partial charge in [-0.05, 0) is 63.1 Å². The Labute approximate surface area is 190 Å². The molecule has 32 heavy (non-hydrogen) atoms. The first kappa shape index (κ1) is 22.0. The monoisotopic (exact) mass is 452 g/mol. The van der Waals surface area contributed by atoms with E-state index in [1.165, 1.54) is 11.8 Å². The molecule has 2 N–H and O–H groups in total. The van der Waals surface area contributed by atoms with Gasteiger partial charge in [-0.2, -0.15) is 0 Å². The lowest BCUT2D eigenvalue weighted by atomic mass is 10.2. The van der Waals surface area contributed by atoms with Crippen molar-refractivity contribution in [3.63, 3.8) is 0 Å². The van der Waals surface area contributed by atoms with E-state index in [0.717, 1.165) is 29.9 Å². The van der Waals surface area contributed by atoms with Crippen LogP contribution in [0.25, 0.3) is 0 Å². The molecular weight excluding hydrogens is 428 g/mol. The Bertz CT molecular complexity index is 1090. The van der Waals surface area contributed by atoms with E-state index in [1.807, 2.05) is 13.8 Å². The predicted molar refractivity (Wildman–Crippen MR) is 122 cm³/mol. The number of nitrogens with one attached hydrogen (secondary N) is 2. The van der Waals surface area contributed by atoms with Gasteiger partial charge in [0.05, 0.1) is 11.3 Å². The van der Waals surface area contributed by atoms with Gasteiger partial charge in [-0.1, -0.05) is 5.16 Å². The number of aromatic nitrogens is 2. The molecule has 1 aliphatic rings. The first-order valence-corrected chi connectivity index (χ1v) is 11.3. The van der Waals surface area contributed by atoms with Crippen LogP contribution in [0.2, 0.25) is 0 Å². The van der Waals surface area contributed by atoms with Gasteiger partial charge < -0.3 is 19.9 Å². The molecule has 2 amide bonds. The molecule has 0 saturated carbocycles. The zero-order chi connectivity index (χ0) is 22.5. The third-order valence-electron chi connectivity index (χ3n) is 5.18. The third kappa shape index (κ3) is 5.17. The molecule has 9 heteroatoms. The fourth-order valence-electron chi connectivity index (χ4n) is 3.37. The Kier molecular flexibility index (Phi) is 6.87. The molecule has 0 aliphatic carbocycles. The number of amides is 2. The lowest BCUT2D eigenvalue weighted by molar-refractivity contribution is -0.124. The number of carbonyl (C=O) groups is 2. The highest BCUT2D eigenvalue weighted by Gasteiger charge is 2.23. The van der Waals surface area contributed by atoms with Crippen molar-refractivity contribution in [1.82, 2.24) is 10.1 Å². The van der Waals surface area contributed by atoms with Crippen molar-refractivity contribution >= 4 is 35.0 Å². The summed E-state index contributed by atoms with van der Waals surface area (Å²) in [7, 11) is 0. The molecule has 8 nitrogen and oxygen atoms in total. The number of thioether (sulfide) groups is 1. The number of hydrogen-bond acceptors (Lipinski definition) is 7. The van der Waals surface area contributed by atoms with Crippen molar-refractivity contribution in [3.8, 4) is 0 Å². The van der Waals surface area contributed by atoms with E-state index < -0.39 is 0 Å². The van der Waals surface area contributed by atoms with Crippen molar-refractivity contribution in [2.45, 2.75) is 43.6 Å². The number of benzene rings is 1. The topological polar surface area (TPSA) is 106 Å². The number of rotatable bonds is 7. The van der Waals surface area contributed by atoms with Crippen molar-refractivity contribution in [2.24, 2.45) is 0 Å². The zero-order valence-corrected chi connectivity index (χ0v) is 18.7. The van der Waals surface area contributed by atoms with Gasteiger partial charge in [-0.15, -0.1) is 11.8 Å². The molecule has 2 aromatic heterocycles. The Morgan fingerprint density at radius 3 is 2.53 bits per heavy atom. The summed E-state index contributed by atoms with van der Waals surface area (Å²) in [6.45, 7) is 4.38. The summed E-state index contributed by atoms with van der Waals surface area (Å²) in [5.74, 6) is 0.978. The third-order valence-corrected chi connectivity index (χ3v) is 6.21. The lowest BCUT2D eigenvalue weighted by Crippen LogP contribution is -2.26. The summed E-state index contributed by atoms with van der Waals surface area (Å²) in [4.78, 5) is 29.4. The molecule has 3 heterocycles. The maximum atomic E-state index is 12.9. The molecule has 3 aromatic rings. The van der Waals surface area contributed by atoms with E-state index in [4.69, 9.17) is 9.26 Å². The second kappa shape index (κ2) is 9.97. The molecule has 1 aromatic carbocycles. The Morgan fingerprint density at radius 2 is 1.88 bits per heavy atom. The van der Waals surface area contributed by atoms with Gasteiger partial charge in [0.1, 0.15) is 16.9 Å². The zero-order valence-electron chi connectivity index (χ0n) is 17.9. The number of hydrogen-bond donors (Lipinski definition) is 2. The van der Waals surface area contributed by atoms with Crippen LogP contribution in [-0.4, -0.2) is 34.7 Å². The molecular formula is C23H24N4O4S. The summed E-state index contributed by atoms with van der Waals surface area (Å²) in [5, 5.41) is 10.3. The number of carbonyl (C=O) groups excluding carboxylic acids is 2. The van der Waals surface area contributed by atoms with E-state index in [-0.39, 0.29) is 17.9 Å². The van der Waals surface area contributed by atoms with Crippen LogP contribution in [0, 0.1) is 13.8 Å². The van der Waals surface area contributed by atoms with Crippen LogP contribution >= 0.6 is 11.8 Å². The molecule has 1 aliphatic heterocycles. The van der Waals surface area contributed by atoms with Gasteiger partial charge in [0.25, 0.3) is 11.8 Å². The minimum atomic E-state index is -0.388. The molecule has 1 atom stereocenters. The van der Waals surface area contributed by atoms with Crippen molar-refractivity contribution in [1.29, 1.82) is 0 Å². The number of pyridine rings is 1. The van der Waals surface area contributed by atoms with E-state index in [2.05, 4.69) is 20.8 Å². The molecule has 0 spiro atoms. The summed E-state index contributed by atoms with van der Waals surface area (Å²) < 4.78 is 10.6. The molecule has 1 unspecified atom stereocenters. The summed E-state index contributed by atoms with van der Waals surface area (Å²) in [6, 6.07) is 10.5. The van der Waals surface area contributed by atoms with Gasteiger partial charge in [-0.25, -0.2) is 4.98 Å². The van der Waals surface area contributed by atoms with Crippen LogP contribution in [0.15, 0.2) is 52.1 Å². The van der Waals surface area contributed by atoms with Gasteiger partial charge in [0.2, 0.25) is 0 Å². The Morgan fingerprint density at radius 1 is 1.12 bits per heavy atom. The number of aryl methyl sites for hydroxylation is 2. The first-order chi connectivity index (χ1) is 15.5. The first-order valence-electron chi connectivity index (χ1n) is 10.3. The molecule has 0 radical (unpaired) electrons. The van der Waals surface area contributed by atoms with Crippen LogP contribution in [0.3, 0.4) is 0 Å². The molecule has 1 fully saturated rings. The average Bonchev–Trinajstić information content (AvgIpc) is 3.44. The molecule has 166 valence electrons. The van der Waals surface area contributed by atoms with E-state index in [0.29, 0.717) is 34.3 Å². The summed E-state index contributed by atoms with van der Waals surface area (Å²) in [6.07, 6.45) is 2.91. The van der Waals surface area contributed by atoms with Gasteiger partial charge in [0.15, 0.2) is 0 Å². The van der Waals surface area contributed by atoms with Crippen LogP contribution < -0.4 is 10.6 Å². The van der Waals surface area contributed by atoms with E-state index in [1.54, 1.807) is 42.6 Å². The molecule has 4 rings (SSSR count). The van der Waals surface area contributed by atoms with Gasteiger partial charge in [-0.3, -0.25) is 9.59 Å². The normalized spacial score (nSPS) is 15.5. The smallest absolute Gasteiger partial charge is 0.258 e. The van der Waals surface area contributed by atoms with Crippen LogP contribution in [0.1, 0.15) is 40.2 Å². The summed E-state index contributed by atoms with van der Waals surface area (Å²) >= 11 is 1.46. The Balaban J connectivity index is 1.39. The van der Waals surface area contributed by atoms with Crippen LogP contribution in [-0.2, 0) is 15.3 Å². The van der Waals surface area contributed by atoms with Gasteiger partial charge >= 0.3 is 0 Å². The van der Waals surface area contributed by atoms with Gasteiger partial charge in [0, 0.05) is 35.5 Å². The number of anilines is 2. The van der Waals surface area contributed by atoms with Crippen molar-refractivity contribution < 1.29 is 18.8 Å². The highest BCUT2D eigenvalue weighted by Crippen LogP contribution is 2.28. The lowest BCUT2D eigenvalue weighted by Gasteiger charge is -2.12. The second-order valence-electron chi connectivity index (χ2n) is 7.47. The van der Waals surface area contributed by atoms with Crippen molar-refractivity contribution in [3.05, 3.63) is 65.2 Å².